The Balaban J connectivity index is -0.00000169. The summed E-state index contributed by atoms with van der Waals surface area (Å²) < 4.78 is 22.3. The minimum absolute atomic E-state index is 0. The van der Waals surface area contributed by atoms with Gasteiger partial charge in [-0.25, -0.2) is 0 Å². The monoisotopic (exact) mass is 719 g/mol. The van der Waals surface area contributed by atoms with E-state index in [2.05, 4.69) is 13.8 Å². The summed E-state index contributed by atoms with van der Waals surface area (Å²) in [6.45, 7) is 10.6. The molecule has 6 heteroatoms. The molecule has 0 aliphatic rings. The summed E-state index contributed by atoms with van der Waals surface area (Å²) in [6, 6.07) is 0. The second-order valence-corrected chi connectivity index (χ2v) is 13.7. The highest BCUT2D eigenvalue weighted by molar-refractivity contribution is 5.70. The fraction of sp³-hybridized carbons (Fsp3) is 0.955. The summed E-state index contributed by atoms with van der Waals surface area (Å²) in [6.07, 6.45) is 33.2. The van der Waals surface area contributed by atoms with Crippen LogP contribution in [0.25, 0.3) is 0 Å². The van der Waals surface area contributed by atoms with E-state index in [1.807, 2.05) is 13.8 Å². The van der Waals surface area contributed by atoms with E-state index >= 15 is 0 Å². The van der Waals surface area contributed by atoms with Crippen LogP contribution in [0, 0.1) is 0 Å². The van der Waals surface area contributed by atoms with Gasteiger partial charge in [0.15, 0.2) is 0 Å². The van der Waals surface area contributed by atoms with Gasteiger partial charge in [0, 0.05) is 26.1 Å². The summed E-state index contributed by atoms with van der Waals surface area (Å²) >= 11 is 0. The normalized spacial score (nSPS) is 11.7. The Bertz CT molecular complexity index is 586. The first-order valence-corrected chi connectivity index (χ1v) is 20.0. The van der Waals surface area contributed by atoms with Crippen molar-refractivity contribution in [2.75, 3.05) is 26.4 Å². The van der Waals surface area contributed by atoms with Gasteiger partial charge in [0.25, 0.3) is 0 Å². The second-order valence-electron chi connectivity index (χ2n) is 13.7. The number of hydrogen-bond donors (Lipinski definition) is 0. The molecule has 0 aliphatic heterocycles. The fourth-order valence-corrected chi connectivity index (χ4v) is 5.76. The minimum atomic E-state index is -0.245. The molecule has 50 heavy (non-hydrogen) atoms. The van der Waals surface area contributed by atoms with Crippen LogP contribution in [-0.2, 0) is 28.5 Å². The molecule has 6 nitrogen and oxygen atoms in total. The summed E-state index contributed by atoms with van der Waals surface area (Å²) in [5.41, 5.74) is 0. The predicted octanol–water partition coefficient (Wildman–Crippen LogP) is 14.4. The molecule has 0 N–H and O–H groups in total. The maximum absolute atomic E-state index is 12.1. The van der Waals surface area contributed by atoms with Gasteiger partial charge in [-0.3, -0.25) is 9.59 Å². The summed E-state index contributed by atoms with van der Waals surface area (Å²) in [4.78, 5) is 24.3. The van der Waals surface area contributed by atoms with Crippen molar-refractivity contribution in [3.8, 4) is 0 Å². The lowest BCUT2D eigenvalue weighted by Crippen LogP contribution is -2.21. The Morgan fingerprint density at radius 3 is 0.880 bits per heavy atom. The number of rotatable bonds is 37. The van der Waals surface area contributed by atoms with E-state index < -0.39 is 0 Å². The van der Waals surface area contributed by atoms with Crippen LogP contribution in [0.5, 0.6) is 0 Å². The number of ether oxygens (including phenoxy) is 4. The van der Waals surface area contributed by atoms with E-state index in [1.54, 1.807) is 0 Å². The molecule has 0 fully saturated rings. The van der Waals surface area contributed by atoms with Crippen molar-refractivity contribution in [2.24, 2.45) is 0 Å². The molecule has 0 aromatic rings. The molecule has 0 spiro atoms. The molecule has 0 radical (unpaired) electrons. The highest BCUT2D eigenvalue weighted by Gasteiger charge is 2.12. The SMILES string of the molecule is C.C.C.C.CCCCCCCCCCCCCCOCC(C)OC(=O)CCCCC(=O)OC(C)COCCCCCCCCCCCCCC. The van der Waals surface area contributed by atoms with E-state index in [-0.39, 0.29) is 53.9 Å². The molecule has 0 rings (SSSR count). The molecule has 306 valence electrons. The lowest BCUT2D eigenvalue weighted by molar-refractivity contribution is -0.153. The van der Waals surface area contributed by atoms with Crippen LogP contribution in [0.2, 0.25) is 0 Å². The van der Waals surface area contributed by atoms with E-state index in [4.69, 9.17) is 18.9 Å². The molecule has 0 aromatic carbocycles. The smallest absolute Gasteiger partial charge is 0.306 e. The third-order valence-electron chi connectivity index (χ3n) is 8.67. The Hall–Kier alpha value is -1.14. The zero-order valence-corrected chi connectivity index (χ0v) is 31.2. The van der Waals surface area contributed by atoms with Crippen molar-refractivity contribution >= 4 is 11.9 Å². The minimum Gasteiger partial charge on any atom is -0.460 e. The van der Waals surface area contributed by atoms with Gasteiger partial charge in [-0.2, -0.15) is 0 Å². The molecule has 2 atom stereocenters. The van der Waals surface area contributed by atoms with Crippen LogP contribution in [0.15, 0.2) is 0 Å². The Labute approximate surface area is 315 Å². The van der Waals surface area contributed by atoms with Crippen molar-refractivity contribution in [1.82, 2.24) is 0 Å². The highest BCUT2D eigenvalue weighted by atomic mass is 16.6. The van der Waals surface area contributed by atoms with Crippen LogP contribution >= 0.6 is 0 Å². The third-order valence-corrected chi connectivity index (χ3v) is 8.67. The van der Waals surface area contributed by atoms with Gasteiger partial charge in [-0.05, 0) is 39.5 Å². The maximum Gasteiger partial charge on any atom is 0.306 e. The van der Waals surface area contributed by atoms with E-state index in [9.17, 15) is 9.59 Å². The molecule has 0 saturated carbocycles. The van der Waals surface area contributed by atoms with Gasteiger partial charge < -0.3 is 18.9 Å². The molecule has 0 amide bonds. The molecule has 0 heterocycles. The Kier molecular flexibility index (Phi) is 55.7. The molecule has 0 aliphatic carbocycles. The number of carbonyl (C=O) groups excluding carboxylic acids is 2. The average molecular weight is 719 g/mol. The van der Waals surface area contributed by atoms with E-state index in [1.165, 1.54) is 141 Å². The molecular weight excluding hydrogens is 624 g/mol. The van der Waals surface area contributed by atoms with Gasteiger partial charge in [-0.15, -0.1) is 0 Å². The Morgan fingerprint density at radius 2 is 0.620 bits per heavy atom. The highest BCUT2D eigenvalue weighted by Crippen LogP contribution is 2.14. The first-order chi connectivity index (χ1) is 22.5. The van der Waals surface area contributed by atoms with E-state index in [0.29, 0.717) is 38.9 Å². The molecule has 0 saturated heterocycles. The standard InChI is InChI=1S/C40H78O6.4CH4/c1-5-7-9-11-13-15-17-19-21-23-25-29-33-43-35-37(3)45-39(41)31-27-28-32-40(42)46-38(4)36-44-34-30-26-24-22-20-18-16-14-12-10-8-6-2;;;;/h37-38H,5-36H2,1-4H3;4*1H4. The van der Waals surface area contributed by atoms with Crippen LogP contribution in [0.3, 0.4) is 0 Å². The van der Waals surface area contributed by atoms with Gasteiger partial charge in [0.1, 0.15) is 12.2 Å². The second kappa shape index (κ2) is 47.9. The zero-order valence-electron chi connectivity index (χ0n) is 31.2. The van der Waals surface area contributed by atoms with Crippen LogP contribution in [0.1, 0.15) is 237 Å². The first kappa shape index (κ1) is 58.2. The third kappa shape index (κ3) is 46.9. The van der Waals surface area contributed by atoms with E-state index in [0.717, 1.165) is 26.1 Å². The average Bonchev–Trinajstić information content (AvgIpc) is 3.03. The lowest BCUT2D eigenvalue weighted by Gasteiger charge is -2.14. The number of esters is 2. The summed E-state index contributed by atoms with van der Waals surface area (Å²) in [7, 11) is 0. The van der Waals surface area contributed by atoms with Crippen molar-refractivity contribution in [3.05, 3.63) is 0 Å². The van der Waals surface area contributed by atoms with Gasteiger partial charge >= 0.3 is 11.9 Å². The van der Waals surface area contributed by atoms with Crippen LogP contribution < -0.4 is 0 Å². The van der Waals surface area contributed by atoms with Crippen molar-refractivity contribution in [3.63, 3.8) is 0 Å². The summed E-state index contributed by atoms with van der Waals surface area (Å²) in [5, 5.41) is 0. The van der Waals surface area contributed by atoms with Gasteiger partial charge in [0.05, 0.1) is 13.2 Å². The van der Waals surface area contributed by atoms with Crippen molar-refractivity contribution < 1.29 is 28.5 Å². The maximum atomic E-state index is 12.1. The zero-order chi connectivity index (χ0) is 33.8. The van der Waals surface area contributed by atoms with Gasteiger partial charge in [-0.1, -0.05) is 185 Å². The molecular formula is C44H94O6. The predicted molar refractivity (Wildman–Crippen MR) is 220 cm³/mol. The fourth-order valence-electron chi connectivity index (χ4n) is 5.76. The number of unbranched alkanes of at least 4 members (excludes halogenated alkanes) is 23. The molecule has 2 unspecified atom stereocenters. The molecule has 0 bridgehead atoms. The van der Waals surface area contributed by atoms with Crippen LogP contribution in [0.4, 0.5) is 0 Å². The lowest BCUT2D eigenvalue weighted by atomic mass is 10.1. The van der Waals surface area contributed by atoms with Crippen molar-refractivity contribution in [1.29, 1.82) is 0 Å². The number of hydrogen-bond acceptors (Lipinski definition) is 6. The van der Waals surface area contributed by atoms with Crippen LogP contribution in [-0.4, -0.2) is 50.6 Å². The topological polar surface area (TPSA) is 71.1 Å². The molecule has 0 aromatic heterocycles. The van der Waals surface area contributed by atoms with Crippen molar-refractivity contribution in [2.45, 2.75) is 249 Å². The largest absolute Gasteiger partial charge is 0.460 e. The Morgan fingerprint density at radius 1 is 0.380 bits per heavy atom. The quantitative estimate of drug-likeness (QED) is 0.0470. The first-order valence-electron chi connectivity index (χ1n) is 20.0. The summed E-state index contributed by atoms with van der Waals surface area (Å²) in [5.74, 6) is -0.455. The van der Waals surface area contributed by atoms with Gasteiger partial charge in [0.2, 0.25) is 0 Å². The number of carbonyl (C=O) groups is 2.